The summed E-state index contributed by atoms with van der Waals surface area (Å²) in [5, 5.41) is 12.2. The number of hydrogen-bond acceptors (Lipinski definition) is 4. The fourth-order valence-electron chi connectivity index (χ4n) is 3.24. The predicted molar refractivity (Wildman–Crippen MR) is 79.0 cm³/mol. The van der Waals surface area contributed by atoms with Gasteiger partial charge >= 0.3 is 0 Å². The van der Waals surface area contributed by atoms with Crippen molar-refractivity contribution in [3.8, 4) is 0 Å². The van der Waals surface area contributed by atoms with Crippen LogP contribution in [0.3, 0.4) is 0 Å². The molecule has 0 bridgehead atoms. The van der Waals surface area contributed by atoms with E-state index in [0.29, 0.717) is 11.6 Å². The highest BCUT2D eigenvalue weighted by atomic mass is 32.2. The van der Waals surface area contributed by atoms with E-state index in [1.807, 2.05) is 0 Å². The number of sulfonamides is 1. The summed E-state index contributed by atoms with van der Waals surface area (Å²) >= 11 is 0. The first kappa shape index (κ1) is 13.9. The second-order valence-corrected chi connectivity index (χ2v) is 7.53. The number of nitrogens with two attached hydrogens (primary N) is 1. The highest BCUT2D eigenvalue weighted by Gasteiger charge is 2.40. The van der Waals surface area contributed by atoms with Crippen molar-refractivity contribution in [3.63, 3.8) is 0 Å². The van der Waals surface area contributed by atoms with Gasteiger partial charge in [-0.05, 0) is 62.9 Å². The lowest BCUT2D eigenvalue weighted by atomic mass is 9.70. The molecule has 0 amide bonds. The van der Waals surface area contributed by atoms with E-state index in [1.165, 1.54) is 19.3 Å². The SMILES string of the molecule is NS(=O)(=O)c1ccc(NC2CCNC3(CCC3)C2)cc1. The third-order valence-corrected chi connectivity index (χ3v) is 5.42. The van der Waals surface area contributed by atoms with Crippen molar-refractivity contribution in [3.05, 3.63) is 24.3 Å². The van der Waals surface area contributed by atoms with Gasteiger partial charge in [-0.1, -0.05) is 0 Å². The molecule has 1 aromatic rings. The van der Waals surface area contributed by atoms with Crippen LogP contribution in [0.2, 0.25) is 0 Å². The molecule has 1 aliphatic heterocycles. The van der Waals surface area contributed by atoms with E-state index in [-0.39, 0.29) is 4.90 Å². The third-order valence-electron chi connectivity index (χ3n) is 4.49. The van der Waals surface area contributed by atoms with Crippen LogP contribution in [0.5, 0.6) is 0 Å². The Balaban J connectivity index is 1.65. The molecule has 2 aliphatic rings. The van der Waals surface area contributed by atoms with Gasteiger partial charge in [0.25, 0.3) is 0 Å². The predicted octanol–water partition coefficient (Wildman–Crippen LogP) is 1.42. The van der Waals surface area contributed by atoms with Gasteiger partial charge in [-0.2, -0.15) is 0 Å². The molecule has 1 saturated heterocycles. The molecule has 1 unspecified atom stereocenters. The van der Waals surface area contributed by atoms with Crippen molar-refractivity contribution in [1.29, 1.82) is 0 Å². The standard InChI is InChI=1S/C14H21N3O2S/c15-20(18,19)13-4-2-11(3-5-13)17-12-6-9-16-14(10-12)7-1-8-14/h2-5,12,16-17H,1,6-10H2,(H2,15,18,19). The zero-order valence-electron chi connectivity index (χ0n) is 11.4. The molecule has 110 valence electrons. The number of nitrogens with one attached hydrogen (secondary N) is 2. The maximum Gasteiger partial charge on any atom is 0.238 e. The summed E-state index contributed by atoms with van der Waals surface area (Å²) in [5.74, 6) is 0. The van der Waals surface area contributed by atoms with E-state index in [0.717, 1.165) is 25.1 Å². The van der Waals surface area contributed by atoms with Crippen LogP contribution in [0.1, 0.15) is 32.1 Å². The summed E-state index contributed by atoms with van der Waals surface area (Å²) in [6.45, 7) is 1.05. The molecule has 2 fully saturated rings. The number of anilines is 1. The van der Waals surface area contributed by atoms with Crippen LogP contribution in [-0.2, 0) is 10.0 Å². The Morgan fingerprint density at radius 1 is 1.25 bits per heavy atom. The highest BCUT2D eigenvalue weighted by molar-refractivity contribution is 7.89. The van der Waals surface area contributed by atoms with Crippen molar-refractivity contribution in [1.82, 2.24) is 5.32 Å². The zero-order valence-corrected chi connectivity index (χ0v) is 12.2. The van der Waals surface area contributed by atoms with Crippen LogP contribution < -0.4 is 15.8 Å². The molecule has 1 heterocycles. The van der Waals surface area contributed by atoms with Crippen LogP contribution in [-0.4, -0.2) is 26.5 Å². The number of rotatable bonds is 3. The summed E-state index contributed by atoms with van der Waals surface area (Å²) in [4.78, 5) is 0.156. The number of piperidine rings is 1. The molecule has 0 radical (unpaired) electrons. The van der Waals surface area contributed by atoms with Gasteiger partial charge in [-0.3, -0.25) is 0 Å². The van der Waals surface area contributed by atoms with Gasteiger partial charge in [0.05, 0.1) is 4.90 Å². The molecule has 5 nitrogen and oxygen atoms in total. The van der Waals surface area contributed by atoms with E-state index in [1.54, 1.807) is 24.3 Å². The topological polar surface area (TPSA) is 84.2 Å². The molecule has 1 saturated carbocycles. The van der Waals surface area contributed by atoms with Gasteiger partial charge in [-0.15, -0.1) is 0 Å². The normalized spacial score (nSPS) is 25.1. The fraction of sp³-hybridized carbons (Fsp3) is 0.571. The van der Waals surface area contributed by atoms with Gasteiger partial charge in [0.15, 0.2) is 0 Å². The van der Waals surface area contributed by atoms with Crippen molar-refractivity contribution in [2.75, 3.05) is 11.9 Å². The van der Waals surface area contributed by atoms with Crippen molar-refractivity contribution >= 4 is 15.7 Å². The quantitative estimate of drug-likeness (QED) is 0.787. The minimum absolute atomic E-state index is 0.156. The molecule has 1 spiro atoms. The summed E-state index contributed by atoms with van der Waals surface area (Å²) in [6.07, 6.45) is 6.11. The van der Waals surface area contributed by atoms with Gasteiger partial charge in [0.2, 0.25) is 10.0 Å². The summed E-state index contributed by atoms with van der Waals surface area (Å²) in [6, 6.07) is 7.14. The van der Waals surface area contributed by atoms with E-state index in [2.05, 4.69) is 10.6 Å². The van der Waals surface area contributed by atoms with E-state index in [4.69, 9.17) is 5.14 Å². The van der Waals surface area contributed by atoms with Crippen LogP contribution in [0.15, 0.2) is 29.2 Å². The summed E-state index contributed by atoms with van der Waals surface area (Å²) in [7, 11) is -3.60. The fourth-order valence-corrected chi connectivity index (χ4v) is 3.76. The third kappa shape index (κ3) is 2.82. The summed E-state index contributed by atoms with van der Waals surface area (Å²) < 4.78 is 22.4. The molecule has 20 heavy (non-hydrogen) atoms. The first-order valence-corrected chi connectivity index (χ1v) is 8.66. The molecule has 6 heteroatoms. The molecular formula is C14H21N3O2S. The molecule has 3 rings (SSSR count). The Bertz CT molecular complexity index is 579. The molecule has 1 aliphatic carbocycles. The number of benzene rings is 1. The smallest absolute Gasteiger partial charge is 0.238 e. The van der Waals surface area contributed by atoms with Crippen molar-refractivity contribution in [2.24, 2.45) is 5.14 Å². The van der Waals surface area contributed by atoms with E-state index in [9.17, 15) is 8.42 Å². The molecule has 0 aromatic heterocycles. The number of hydrogen-bond donors (Lipinski definition) is 3. The van der Waals surface area contributed by atoms with E-state index < -0.39 is 10.0 Å². The lowest BCUT2D eigenvalue weighted by Gasteiger charge is -2.48. The molecule has 4 N–H and O–H groups in total. The van der Waals surface area contributed by atoms with Crippen LogP contribution in [0, 0.1) is 0 Å². The van der Waals surface area contributed by atoms with Crippen LogP contribution in [0.4, 0.5) is 5.69 Å². The van der Waals surface area contributed by atoms with Gasteiger partial charge in [-0.25, -0.2) is 13.6 Å². The second kappa shape index (κ2) is 5.02. The average Bonchev–Trinajstić information content (AvgIpc) is 2.37. The first-order valence-electron chi connectivity index (χ1n) is 7.11. The molecule has 1 aromatic carbocycles. The zero-order chi connectivity index (χ0) is 14.2. The van der Waals surface area contributed by atoms with Crippen molar-refractivity contribution < 1.29 is 8.42 Å². The van der Waals surface area contributed by atoms with Gasteiger partial charge in [0.1, 0.15) is 0 Å². The maximum absolute atomic E-state index is 11.2. The van der Waals surface area contributed by atoms with Gasteiger partial charge < -0.3 is 10.6 Å². The second-order valence-electron chi connectivity index (χ2n) is 5.96. The minimum Gasteiger partial charge on any atom is -0.382 e. The minimum atomic E-state index is -3.60. The summed E-state index contributed by atoms with van der Waals surface area (Å²) in [5.41, 5.74) is 1.31. The molecule has 1 atom stereocenters. The maximum atomic E-state index is 11.2. The van der Waals surface area contributed by atoms with Gasteiger partial charge in [0, 0.05) is 17.3 Å². The van der Waals surface area contributed by atoms with Crippen molar-refractivity contribution in [2.45, 2.75) is 48.6 Å². The van der Waals surface area contributed by atoms with Crippen LogP contribution >= 0.6 is 0 Å². The lowest BCUT2D eigenvalue weighted by molar-refractivity contribution is 0.135. The Kier molecular flexibility index (Phi) is 3.48. The first-order chi connectivity index (χ1) is 9.47. The monoisotopic (exact) mass is 295 g/mol. The number of primary sulfonamides is 1. The Morgan fingerprint density at radius 2 is 1.95 bits per heavy atom. The highest BCUT2D eigenvalue weighted by Crippen LogP contribution is 2.38. The largest absolute Gasteiger partial charge is 0.382 e. The van der Waals surface area contributed by atoms with E-state index >= 15 is 0 Å². The van der Waals surface area contributed by atoms with Crippen LogP contribution in [0.25, 0.3) is 0 Å². The Labute approximate surface area is 120 Å². The lowest BCUT2D eigenvalue weighted by Crippen LogP contribution is -2.58. The average molecular weight is 295 g/mol. The Morgan fingerprint density at radius 3 is 2.50 bits per heavy atom. The Hall–Kier alpha value is -1.11. The molecular weight excluding hydrogens is 274 g/mol.